The second kappa shape index (κ2) is 6.98. The minimum Gasteiger partial charge on any atom is -0.338 e. The van der Waals surface area contributed by atoms with Crippen molar-refractivity contribution in [3.05, 3.63) is 24.3 Å². The maximum absolute atomic E-state index is 12.5. The van der Waals surface area contributed by atoms with Crippen molar-refractivity contribution in [3.8, 4) is 0 Å². The van der Waals surface area contributed by atoms with Gasteiger partial charge in [-0.2, -0.15) is 0 Å². The third-order valence-corrected chi connectivity index (χ3v) is 6.33. The highest BCUT2D eigenvalue weighted by Crippen LogP contribution is 2.30. The average molecular weight is 335 g/mol. The molecule has 2 unspecified atom stereocenters. The molecule has 118 valence electrons. The zero-order valence-electron chi connectivity index (χ0n) is 12.7. The number of amides is 1. The molecular weight excluding hydrogens is 314 g/mol. The SMILES string of the molecule is CC1CCN(C(=O)CSc2nc3ccccc3s2)C(CN)C1. The van der Waals surface area contributed by atoms with Crippen LogP contribution in [0, 0.1) is 5.92 Å². The van der Waals surface area contributed by atoms with Gasteiger partial charge in [0.1, 0.15) is 0 Å². The normalized spacial score (nSPS) is 22.2. The summed E-state index contributed by atoms with van der Waals surface area (Å²) in [4.78, 5) is 19.0. The van der Waals surface area contributed by atoms with E-state index in [1.807, 2.05) is 23.1 Å². The van der Waals surface area contributed by atoms with E-state index in [-0.39, 0.29) is 11.9 Å². The van der Waals surface area contributed by atoms with E-state index in [2.05, 4.69) is 18.0 Å². The number of thioether (sulfide) groups is 1. The Morgan fingerprint density at radius 3 is 3.09 bits per heavy atom. The van der Waals surface area contributed by atoms with Crippen LogP contribution >= 0.6 is 23.1 Å². The molecule has 0 radical (unpaired) electrons. The smallest absolute Gasteiger partial charge is 0.233 e. The number of fused-ring (bicyclic) bond motifs is 1. The maximum atomic E-state index is 12.5. The highest BCUT2D eigenvalue weighted by Gasteiger charge is 2.28. The number of benzene rings is 1. The first kappa shape index (κ1) is 15.8. The monoisotopic (exact) mass is 335 g/mol. The van der Waals surface area contributed by atoms with Crippen LogP contribution in [0.15, 0.2) is 28.6 Å². The van der Waals surface area contributed by atoms with Gasteiger partial charge in [0.25, 0.3) is 0 Å². The van der Waals surface area contributed by atoms with Gasteiger partial charge in [-0.15, -0.1) is 11.3 Å². The lowest BCUT2D eigenvalue weighted by molar-refractivity contribution is -0.132. The number of piperidine rings is 1. The van der Waals surface area contributed by atoms with E-state index >= 15 is 0 Å². The van der Waals surface area contributed by atoms with Crippen LogP contribution in [-0.4, -0.2) is 40.7 Å². The Bertz CT molecular complexity index is 625. The van der Waals surface area contributed by atoms with Gasteiger partial charge >= 0.3 is 0 Å². The average Bonchev–Trinajstić information content (AvgIpc) is 2.95. The summed E-state index contributed by atoms with van der Waals surface area (Å²) in [6.45, 7) is 3.63. The van der Waals surface area contributed by atoms with Crippen molar-refractivity contribution in [2.24, 2.45) is 11.7 Å². The summed E-state index contributed by atoms with van der Waals surface area (Å²) in [6, 6.07) is 8.28. The van der Waals surface area contributed by atoms with Crippen LogP contribution in [-0.2, 0) is 4.79 Å². The highest BCUT2D eigenvalue weighted by molar-refractivity contribution is 8.01. The summed E-state index contributed by atoms with van der Waals surface area (Å²) < 4.78 is 2.13. The summed E-state index contributed by atoms with van der Waals surface area (Å²) in [5.74, 6) is 1.30. The second-order valence-electron chi connectivity index (χ2n) is 5.84. The molecule has 4 nitrogen and oxygen atoms in total. The van der Waals surface area contributed by atoms with Crippen LogP contribution in [0.1, 0.15) is 19.8 Å². The van der Waals surface area contributed by atoms with Gasteiger partial charge < -0.3 is 10.6 Å². The Morgan fingerprint density at radius 1 is 1.50 bits per heavy atom. The molecule has 0 saturated carbocycles. The number of carbonyl (C=O) groups excluding carboxylic acids is 1. The van der Waals surface area contributed by atoms with Crippen molar-refractivity contribution >= 4 is 39.2 Å². The lowest BCUT2D eigenvalue weighted by atomic mass is 9.92. The first-order chi connectivity index (χ1) is 10.7. The van der Waals surface area contributed by atoms with Crippen molar-refractivity contribution in [1.29, 1.82) is 0 Å². The number of aromatic nitrogens is 1. The number of para-hydroxylation sites is 1. The Labute approximate surface area is 139 Å². The second-order valence-corrected chi connectivity index (χ2v) is 8.10. The van der Waals surface area contributed by atoms with E-state index in [1.165, 1.54) is 16.5 Å². The summed E-state index contributed by atoms with van der Waals surface area (Å²) in [5.41, 5.74) is 6.85. The minimum atomic E-state index is 0.187. The summed E-state index contributed by atoms with van der Waals surface area (Å²) in [6.07, 6.45) is 2.10. The number of rotatable bonds is 4. The molecule has 1 fully saturated rings. The van der Waals surface area contributed by atoms with E-state index in [9.17, 15) is 4.79 Å². The zero-order valence-corrected chi connectivity index (χ0v) is 14.3. The fourth-order valence-corrected chi connectivity index (χ4v) is 4.88. The maximum Gasteiger partial charge on any atom is 0.233 e. The third-order valence-electron chi connectivity index (χ3n) is 4.16. The molecule has 2 N–H and O–H groups in total. The molecule has 3 rings (SSSR count). The van der Waals surface area contributed by atoms with E-state index in [4.69, 9.17) is 5.73 Å². The molecule has 1 aliphatic rings. The molecule has 6 heteroatoms. The van der Waals surface area contributed by atoms with Crippen molar-refractivity contribution in [1.82, 2.24) is 9.88 Å². The predicted octanol–water partition coefficient (Wildman–Crippen LogP) is 2.97. The van der Waals surface area contributed by atoms with Gasteiger partial charge in [-0.3, -0.25) is 4.79 Å². The van der Waals surface area contributed by atoms with Crippen molar-refractivity contribution < 1.29 is 4.79 Å². The van der Waals surface area contributed by atoms with E-state index in [1.54, 1.807) is 11.3 Å². The first-order valence-corrected chi connectivity index (χ1v) is 9.45. The molecule has 1 amide bonds. The number of hydrogen-bond donors (Lipinski definition) is 1. The fourth-order valence-electron chi connectivity index (χ4n) is 2.92. The minimum absolute atomic E-state index is 0.187. The standard InChI is InChI=1S/C16H21N3OS2/c1-11-6-7-19(12(8-11)9-17)15(20)10-21-16-18-13-4-2-3-5-14(13)22-16/h2-5,11-12H,6-10,17H2,1H3. The molecule has 0 aliphatic carbocycles. The molecule has 0 bridgehead atoms. The molecule has 1 saturated heterocycles. The number of likely N-dealkylation sites (tertiary alicyclic amines) is 1. The Kier molecular flexibility index (Phi) is 5.00. The van der Waals surface area contributed by atoms with Crippen molar-refractivity contribution in [2.45, 2.75) is 30.1 Å². The van der Waals surface area contributed by atoms with E-state index in [0.717, 1.165) is 29.2 Å². The number of carbonyl (C=O) groups is 1. The number of nitrogens with zero attached hydrogens (tertiary/aromatic N) is 2. The Hall–Kier alpha value is -1.11. The van der Waals surface area contributed by atoms with Crippen LogP contribution in [0.25, 0.3) is 10.2 Å². The highest BCUT2D eigenvalue weighted by atomic mass is 32.2. The van der Waals surface area contributed by atoms with Crippen LogP contribution in [0.2, 0.25) is 0 Å². The van der Waals surface area contributed by atoms with Crippen LogP contribution in [0.5, 0.6) is 0 Å². The number of hydrogen-bond acceptors (Lipinski definition) is 5. The molecule has 1 aromatic heterocycles. The predicted molar refractivity (Wildman–Crippen MR) is 93.3 cm³/mol. The van der Waals surface area contributed by atoms with Gasteiger partial charge in [0.2, 0.25) is 5.91 Å². The molecule has 0 spiro atoms. The third kappa shape index (κ3) is 3.45. The summed E-state index contributed by atoms with van der Waals surface area (Å²) in [7, 11) is 0. The number of nitrogens with two attached hydrogens (primary N) is 1. The Balaban J connectivity index is 1.61. The molecule has 2 aromatic rings. The van der Waals surface area contributed by atoms with Crippen LogP contribution < -0.4 is 5.73 Å². The molecule has 2 heterocycles. The number of thiazole rings is 1. The lowest BCUT2D eigenvalue weighted by Gasteiger charge is -2.38. The quantitative estimate of drug-likeness (QED) is 0.873. The largest absolute Gasteiger partial charge is 0.338 e. The molecule has 1 aliphatic heterocycles. The van der Waals surface area contributed by atoms with E-state index < -0.39 is 0 Å². The fraction of sp³-hybridized carbons (Fsp3) is 0.500. The molecule has 1 aromatic carbocycles. The molecule has 2 atom stereocenters. The molecule has 22 heavy (non-hydrogen) atoms. The zero-order chi connectivity index (χ0) is 15.5. The molecular formula is C16H21N3OS2. The summed E-state index contributed by atoms with van der Waals surface area (Å²) in [5, 5.41) is 0. The topological polar surface area (TPSA) is 59.2 Å². The van der Waals surface area contributed by atoms with E-state index in [0.29, 0.717) is 18.2 Å². The van der Waals surface area contributed by atoms with Crippen molar-refractivity contribution in [2.75, 3.05) is 18.8 Å². The van der Waals surface area contributed by atoms with Crippen LogP contribution in [0.3, 0.4) is 0 Å². The lowest BCUT2D eigenvalue weighted by Crippen LogP contribution is -2.49. The Morgan fingerprint density at radius 2 is 2.32 bits per heavy atom. The van der Waals surface area contributed by atoms with Gasteiger partial charge in [-0.1, -0.05) is 30.8 Å². The van der Waals surface area contributed by atoms with Gasteiger partial charge in [0.05, 0.1) is 16.0 Å². The van der Waals surface area contributed by atoms with Crippen LogP contribution in [0.4, 0.5) is 0 Å². The van der Waals surface area contributed by atoms with Crippen molar-refractivity contribution in [3.63, 3.8) is 0 Å². The van der Waals surface area contributed by atoms with Gasteiger partial charge in [-0.25, -0.2) is 4.98 Å². The first-order valence-electron chi connectivity index (χ1n) is 7.65. The van der Waals surface area contributed by atoms with Gasteiger partial charge in [0, 0.05) is 19.1 Å². The van der Waals surface area contributed by atoms with Gasteiger partial charge in [0.15, 0.2) is 4.34 Å². The summed E-state index contributed by atoms with van der Waals surface area (Å²) >= 11 is 3.19. The van der Waals surface area contributed by atoms with Gasteiger partial charge in [-0.05, 0) is 30.9 Å².